The third-order valence-electron chi connectivity index (χ3n) is 5.88. The van der Waals surface area contributed by atoms with Gasteiger partial charge in [-0.15, -0.1) is 0 Å². The van der Waals surface area contributed by atoms with Crippen LogP contribution >= 0.6 is 23.4 Å². The molecule has 0 aromatic heterocycles. The molecule has 0 bridgehead atoms. The number of anilines is 1. The van der Waals surface area contributed by atoms with Crippen LogP contribution in [0.1, 0.15) is 41.8 Å². The number of hydrogen-bond donors (Lipinski definition) is 2. The number of fused-ring (bicyclic) bond motifs is 2. The zero-order valence-corrected chi connectivity index (χ0v) is 21.2. The van der Waals surface area contributed by atoms with Crippen LogP contribution in [-0.4, -0.2) is 29.9 Å². The molecule has 176 valence electrons. The lowest BCUT2D eigenvalue weighted by atomic mass is 10.1. The maximum atomic E-state index is 12.8. The minimum Gasteiger partial charge on any atom is -0.355 e. The van der Waals surface area contributed by atoms with Crippen molar-refractivity contribution in [2.45, 2.75) is 42.6 Å². The van der Waals surface area contributed by atoms with E-state index in [0.29, 0.717) is 23.2 Å². The molecule has 4 rings (SSSR count). The van der Waals surface area contributed by atoms with E-state index in [-0.39, 0.29) is 5.91 Å². The molecule has 3 aromatic rings. The second-order valence-electron chi connectivity index (χ2n) is 8.72. The summed E-state index contributed by atoms with van der Waals surface area (Å²) in [5.41, 5.74) is 4.57. The minimum atomic E-state index is -0.0656. The molecule has 1 aliphatic rings. The highest BCUT2D eigenvalue weighted by atomic mass is 35.5. The predicted molar refractivity (Wildman–Crippen MR) is 144 cm³/mol. The molecule has 34 heavy (non-hydrogen) atoms. The number of hydrogen-bond acceptors (Lipinski definition) is 4. The lowest BCUT2D eigenvalue weighted by molar-refractivity contribution is 0.0950. The van der Waals surface area contributed by atoms with Crippen molar-refractivity contribution in [3.63, 3.8) is 0 Å². The summed E-state index contributed by atoms with van der Waals surface area (Å²) in [4.78, 5) is 17.4. The van der Waals surface area contributed by atoms with Crippen LogP contribution in [0.4, 0.5) is 5.69 Å². The maximum Gasteiger partial charge on any atom is 0.251 e. The van der Waals surface area contributed by atoms with Crippen LogP contribution in [0, 0.1) is 0 Å². The van der Waals surface area contributed by atoms with E-state index in [0.717, 1.165) is 46.2 Å². The van der Waals surface area contributed by atoms with E-state index >= 15 is 0 Å². The average Bonchev–Trinajstić information content (AvgIpc) is 2.96. The van der Waals surface area contributed by atoms with Gasteiger partial charge in [-0.3, -0.25) is 9.69 Å². The molecule has 0 saturated carbocycles. The van der Waals surface area contributed by atoms with Crippen LogP contribution in [-0.2, 0) is 6.54 Å². The molecule has 4 nitrogen and oxygen atoms in total. The molecule has 6 heteroatoms. The first-order valence-electron chi connectivity index (χ1n) is 11.5. The lowest BCUT2D eigenvalue weighted by Crippen LogP contribution is -2.34. The van der Waals surface area contributed by atoms with Gasteiger partial charge in [0.15, 0.2) is 0 Å². The molecule has 0 unspecified atom stereocenters. The van der Waals surface area contributed by atoms with Crippen LogP contribution in [0.5, 0.6) is 0 Å². The molecule has 0 saturated heterocycles. The fourth-order valence-corrected chi connectivity index (χ4v) is 5.15. The first kappa shape index (κ1) is 24.4. The van der Waals surface area contributed by atoms with Gasteiger partial charge in [0.25, 0.3) is 5.91 Å². The Kier molecular flexibility index (Phi) is 7.99. The van der Waals surface area contributed by atoms with Crippen molar-refractivity contribution in [3.05, 3.63) is 95.0 Å². The Morgan fingerprint density at radius 3 is 2.62 bits per heavy atom. The number of carbonyl (C=O) groups is 1. The summed E-state index contributed by atoms with van der Waals surface area (Å²) in [5.74, 6) is -0.0656. The van der Waals surface area contributed by atoms with Crippen molar-refractivity contribution < 1.29 is 4.79 Å². The number of halogens is 1. The SMILES string of the molecule is C=C1Nc2cc(C(=O)NCCCN(Cc3ccccc3)C(C)C)ccc2Sc2ccc(Cl)cc21. The first-order valence-corrected chi connectivity index (χ1v) is 12.7. The van der Waals surface area contributed by atoms with Crippen LogP contribution < -0.4 is 10.6 Å². The van der Waals surface area contributed by atoms with E-state index < -0.39 is 0 Å². The van der Waals surface area contributed by atoms with Gasteiger partial charge in [-0.2, -0.15) is 0 Å². The molecule has 1 amide bonds. The zero-order valence-electron chi connectivity index (χ0n) is 19.6. The van der Waals surface area contributed by atoms with Crippen molar-refractivity contribution in [2.24, 2.45) is 0 Å². The molecular weight excluding hydrogens is 462 g/mol. The van der Waals surface area contributed by atoms with E-state index in [9.17, 15) is 4.79 Å². The van der Waals surface area contributed by atoms with Gasteiger partial charge < -0.3 is 10.6 Å². The quantitative estimate of drug-likeness (QED) is 0.336. The van der Waals surface area contributed by atoms with Gasteiger partial charge in [-0.05, 0) is 62.2 Å². The summed E-state index contributed by atoms with van der Waals surface area (Å²) >= 11 is 7.82. The van der Waals surface area contributed by atoms with E-state index in [4.69, 9.17) is 11.6 Å². The molecule has 0 fully saturated rings. The number of nitrogens with zero attached hydrogens (tertiary/aromatic N) is 1. The highest BCUT2D eigenvalue weighted by Gasteiger charge is 2.18. The number of rotatable bonds is 8. The summed E-state index contributed by atoms with van der Waals surface area (Å²) in [6.45, 7) is 11.1. The first-order chi connectivity index (χ1) is 16.4. The van der Waals surface area contributed by atoms with Gasteiger partial charge in [0.1, 0.15) is 0 Å². The Bertz CT molecular complexity index is 1180. The molecule has 2 N–H and O–H groups in total. The van der Waals surface area contributed by atoms with E-state index in [1.54, 1.807) is 11.8 Å². The summed E-state index contributed by atoms with van der Waals surface area (Å²) < 4.78 is 0. The average molecular weight is 492 g/mol. The number of nitrogens with one attached hydrogen (secondary N) is 2. The van der Waals surface area contributed by atoms with Gasteiger partial charge in [-0.1, -0.05) is 60.3 Å². The van der Waals surface area contributed by atoms with Crippen molar-refractivity contribution >= 4 is 40.7 Å². The zero-order chi connectivity index (χ0) is 24.1. The van der Waals surface area contributed by atoms with E-state index in [2.05, 4.69) is 60.2 Å². The Morgan fingerprint density at radius 1 is 1.09 bits per heavy atom. The van der Waals surface area contributed by atoms with Gasteiger partial charge >= 0.3 is 0 Å². The van der Waals surface area contributed by atoms with Gasteiger partial charge in [-0.25, -0.2) is 0 Å². The normalized spacial score (nSPS) is 12.7. The summed E-state index contributed by atoms with van der Waals surface area (Å²) in [7, 11) is 0. The van der Waals surface area contributed by atoms with Gasteiger partial charge in [0, 0.05) is 57.3 Å². The predicted octanol–water partition coefficient (Wildman–Crippen LogP) is 6.92. The van der Waals surface area contributed by atoms with Crippen molar-refractivity contribution in [1.29, 1.82) is 0 Å². The second-order valence-corrected chi connectivity index (χ2v) is 10.2. The van der Waals surface area contributed by atoms with Crippen LogP contribution in [0.25, 0.3) is 5.70 Å². The second kappa shape index (κ2) is 11.1. The molecule has 0 atom stereocenters. The van der Waals surface area contributed by atoms with Crippen molar-refractivity contribution in [1.82, 2.24) is 10.2 Å². The third-order valence-corrected chi connectivity index (χ3v) is 7.27. The molecule has 3 aromatic carbocycles. The van der Waals surface area contributed by atoms with Crippen LogP contribution in [0.2, 0.25) is 5.02 Å². The number of benzene rings is 3. The van der Waals surface area contributed by atoms with Crippen LogP contribution in [0.3, 0.4) is 0 Å². The summed E-state index contributed by atoms with van der Waals surface area (Å²) in [5, 5.41) is 7.11. The van der Waals surface area contributed by atoms with Gasteiger partial charge in [0.05, 0.1) is 5.69 Å². The van der Waals surface area contributed by atoms with E-state index in [1.165, 1.54) is 5.56 Å². The van der Waals surface area contributed by atoms with Gasteiger partial charge in [0.2, 0.25) is 0 Å². The number of amides is 1. The summed E-state index contributed by atoms with van der Waals surface area (Å²) in [6.07, 6.45) is 0.892. The Labute approximate surface area is 211 Å². The lowest BCUT2D eigenvalue weighted by Gasteiger charge is -2.26. The molecule has 0 spiro atoms. The van der Waals surface area contributed by atoms with Crippen LogP contribution in [0.15, 0.2) is 83.1 Å². The fraction of sp³-hybridized carbons (Fsp3) is 0.250. The van der Waals surface area contributed by atoms with E-state index in [1.807, 2.05) is 42.5 Å². The molecule has 0 radical (unpaired) electrons. The van der Waals surface area contributed by atoms with Crippen molar-refractivity contribution in [3.8, 4) is 0 Å². The molecule has 1 aliphatic heterocycles. The maximum absolute atomic E-state index is 12.8. The number of carbonyl (C=O) groups excluding carboxylic acids is 1. The summed E-state index contributed by atoms with van der Waals surface area (Å²) in [6, 6.07) is 22.5. The highest BCUT2D eigenvalue weighted by molar-refractivity contribution is 7.99. The molecule has 1 heterocycles. The standard InChI is InChI=1S/C28H30ClN3OS/c1-19(2)32(18-21-8-5-4-6-9-21)15-7-14-30-28(33)22-10-12-27-25(16-22)31-20(3)24-17-23(29)11-13-26(24)34-27/h4-6,8-13,16-17,19,31H,3,7,14-15,18H2,1-2H3,(H,30,33). The monoisotopic (exact) mass is 491 g/mol. The molecular formula is C28H30ClN3OS. The fourth-order valence-electron chi connectivity index (χ4n) is 3.96. The Hall–Kier alpha value is -2.73. The Balaban J connectivity index is 1.34. The van der Waals surface area contributed by atoms with Crippen molar-refractivity contribution in [2.75, 3.05) is 18.4 Å². The third kappa shape index (κ3) is 6.03. The smallest absolute Gasteiger partial charge is 0.251 e. The topological polar surface area (TPSA) is 44.4 Å². The Morgan fingerprint density at radius 2 is 1.85 bits per heavy atom. The molecule has 0 aliphatic carbocycles. The minimum absolute atomic E-state index is 0.0656. The highest BCUT2D eigenvalue weighted by Crippen LogP contribution is 2.42. The largest absolute Gasteiger partial charge is 0.355 e.